The van der Waals surface area contributed by atoms with Crippen LogP contribution >= 0.6 is 35.3 Å². The molecule has 0 aliphatic heterocycles. The van der Waals surface area contributed by atoms with Gasteiger partial charge in [-0.3, -0.25) is 9.79 Å². The summed E-state index contributed by atoms with van der Waals surface area (Å²) in [5.41, 5.74) is 0.695. The number of aryl methyl sites for hydroxylation is 2. The molecule has 0 saturated carbocycles. The predicted molar refractivity (Wildman–Crippen MR) is 124 cm³/mol. The molecule has 8 heteroatoms. The number of rotatable bonds is 9. The summed E-state index contributed by atoms with van der Waals surface area (Å²) < 4.78 is 5.31. The molecule has 0 bridgehead atoms. The number of carbonyl (C=O) groups excluding carboxylic acids is 1. The molecule has 0 saturated heterocycles. The largest absolute Gasteiger partial charge is 0.460 e. The van der Waals surface area contributed by atoms with E-state index in [0.717, 1.165) is 55.4 Å². The molecule has 1 rings (SSSR count). The first-order valence-corrected chi connectivity index (χ1v) is 10.1. The highest BCUT2D eigenvalue weighted by atomic mass is 127. The van der Waals surface area contributed by atoms with Gasteiger partial charge in [0, 0.05) is 24.9 Å². The molecule has 0 aliphatic carbocycles. The van der Waals surface area contributed by atoms with Crippen molar-refractivity contribution >= 4 is 47.2 Å². The lowest BCUT2D eigenvalue weighted by Crippen LogP contribution is -2.37. The molecular formula is C19H35IN4O2S. The van der Waals surface area contributed by atoms with Gasteiger partial charge in [0.05, 0.1) is 17.2 Å². The molecule has 6 nitrogen and oxygen atoms in total. The fourth-order valence-corrected chi connectivity index (χ4v) is 3.35. The van der Waals surface area contributed by atoms with Gasteiger partial charge in [-0.1, -0.05) is 12.8 Å². The third-order valence-corrected chi connectivity index (χ3v) is 4.73. The van der Waals surface area contributed by atoms with Crippen LogP contribution in [-0.2, 0) is 16.1 Å². The number of nitrogens with zero attached hydrogens (tertiary/aromatic N) is 2. The van der Waals surface area contributed by atoms with Crippen molar-refractivity contribution in [1.29, 1.82) is 0 Å². The highest BCUT2D eigenvalue weighted by Gasteiger charge is 2.15. The number of aliphatic imine (C=N–C) groups is 1. The van der Waals surface area contributed by atoms with Gasteiger partial charge in [0.15, 0.2) is 5.96 Å². The van der Waals surface area contributed by atoms with Crippen LogP contribution in [-0.4, -0.2) is 36.1 Å². The Morgan fingerprint density at radius 1 is 1.15 bits per heavy atom. The van der Waals surface area contributed by atoms with Crippen LogP contribution in [0.4, 0.5) is 0 Å². The SMILES string of the molecule is CN=C(NCCCCCCC(=O)OC(C)(C)C)NCc1sc(C)nc1C.I. The Morgan fingerprint density at radius 3 is 2.37 bits per heavy atom. The first kappa shape index (κ1) is 26.1. The van der Waals surface area contributed by atoms with Crippen LogP contribution in [0.1, 0.15) is 68.5 Å². The van der Waals surface area contributed by atoms with Crippen LogP contribution in [0.15, 0.2) is 4.99 Å². The minimum absolute atomic E-state index is 0. The Kier molecular flexibility index (Phi) is 12.9. The van der Waals surface area contributed by atoms with Gasteiger partial charge >= 0.3 is 5.97 Å². The topological polar surface area (TPSA) is 75.6 Å². The van der Waals surface area contributed by atoms with E-state index in [4.69, 9.17) is 4.74 Å². The van der Waals surface area contributed by atoms with Gasteiger partial charge in [0.25, 0.3) is 0 Å². The number of thiazole rings is 1. The molecular weight excluding hydrogens is 475 g/mol. The molecule has 1 aromatic rings. The molecule has 0 radical (unpaired) electrons. The van der Waals surface area contributed by atoms with E-state index in [9.17, 15) is 4.79 Å². The quantitative estimate of drug-likeness (QED) is 0.170. The second kappa shape index (κ2) is 13.3. The van der Waals surface area contributed by atoms with Crippen molar-refractivity contribution in [2.24, 2.45) is 4.99 Å². The maximum atomic E-state index is 11.6. The van der Waals surface area contributed by atoms with E-state index in [2.05, 4.69) is 20.6 Å². The Morgan fingerprint density at radius 2 is 1.81 bits per heavy atom. The fraction of sp³-hybridized carbons (Fsp3) is 0.737. The zero-order valence-corrected chi connectivity index (χ0v) is 20.6. The van der Waals surface area contributed by atoms with Crippen molar-refractivity contribution in [3.8, 4) is 0 Å². The second-order valence-corrected chi connectivity index (χ2v) is 8.63. The minimum Gasteiger partial charge on any atom is -0.460 e. The number of unbranched alkanes of at least 4 members (excludes halogenated alkanes) is 3. The Labute approximate surface area is 185 Å². The van der Waals surface area contributed by atoms with E-state index >= 15 is 0 Å². The summed E-state index contributed by atoms with van der Waals surface area (Å²) in [6, 6.07) is 0. The average Bonchev–Trinajstić information content (AvgIpc) is 2.85. The van der Waals surface area contributed by atoms with Gasteiger partial charge < -0.3 is 15.4 Å². The Bertz CT molecular complexity index is 597. The summed E-state index contributed by atoms with van der Waals surface area (Å²) in [4.78, 5) is 21.6. The Balaban J connectivity index is 0.00000676. The van der Waals surface area contributed by atoms with Crippen LogP contribution in [0.5, 0.6) is 0 Å². The third kappa shape index (κ3) is 12.2. The second-order valence-electron chi connectivity index (χ2n) is 7.34. The highest BCUT2D eigenvalue weighted by Crippen LogP contribution is 2.16. The molecule has 0 atom stereocenters. The average molecular weight is 510 g/mol. The number of hydrogen-bond acceptors (Lipinski definition) is 5. The summed E-state index contributed by atoms with van der Waals surface area (Å²) in [6.45, 7) is 11.4. The minimum atomic E-state index is -0.389. The monoisotopic (exact) mass is 510 g/mol. The summed E-state index contributed by atoms with van der Waals surface area (Å²) in [5, 5.41) is 7.75. The summed E-state index contributed by atoms with van der Waals surface area (Å²) >= 11 is 1.72. The molecule has 1 heterocycles. The van der Waals surface area contributed by atoms with E-state index in [1.54, 1.807) is 18.4 Å². The van der Waals surface area contributed by atoms with Gasteiger partial charge in [0.1, 0.15) is 5.60 Å². The zero-order valence-electron chi connectivity index (χ0n) is 17.5. The molecule has 0 spiro atoms. The van der Waals surface area contributed by atoms with Crippen LogP contribution in [0.3, 0.4) is 0 Å². The molecule has 0 fully saturated rings. The first-order valence-electron chi connectivity index (χ1n) is 9.30. The maximum Gasteiger partial charge on any atom is 0.306 e. The lowest BCUT2D eigenvalue weighted by molar-refractivity contribution is -0.154. The van der Waals surface area contributed by atoms with Crippen molar-refractivity contribution in [2.75, 3.05) is 13.6 Å². The van der Waals surface area contributed by atoms with Crippen molar-refractivity contribution < 1.29 is 9.53 Å². The van der Waals surface area contributed by atoms with Crippen LogP contribution in [0.25, 0.3) is 0 Å². The van der Waals surface area contributed by atoms with Crippen molar-refractivity contribution in [3.05, 3.63) is 15.6 Å². The van der Waals surface area contributed by atoms with Crippen molar-refractivity contribution in [3.63, 3.8) is 0 Å². The summed E-state index contributed by atoms with van der Waals surface area (Å²) in [5.74, 6) is 0.707. The lowest BCUT2D eigenvalue weighted by atomic mass is 10.1. The number of guanidine groups is 1. The Hall–Kier alpha value is -0.900. The van der Waals surface area contributed by atoms with Crippen LogP contribution in [0, 0.1) is 13.8 Å². The van der Waals surface area contributed by atoms with Gasteiger partial charge in [-0.15, -0.1) is 35.3 Å². The first-order chi connectivity index (χ1) is 12.2. The molecule has 0 aromatic carbocycles. The number of hydrogen-bond donors (Lipinski definition) is 2. The molecule has 0 amide bonds. The summed E-state index contributed by atoms with van der Waals surface area (Å²) in [6.07, 6.45) is 4.55. The number of nitrogens with one attached hydrogen (secondary N) is 2. The maximum absolute atomic E-state index is 11.6. The van der Waals surface area contributed by atoms with Crippen LogP contribution < -0.4 is 10.6 Å². The van der Waals surface area contributed by atoms with E-state index < -0.39 is 0 Å². The molecule has 0 aliphatic rings. The van der Waals surface area contributed by atoms with Crippen LogP contribution in [0.2, 0.25) is 0 Å². The van der Waals surface area contributed by atoms with E-state index in [0.29, 0.717) is 6.42 Å². The normalized spacial score (nSPS) is 11.7. The third-order valence-electron chi connectivity index (χ3n) is 3.66. The lowest BCUT2D eigenvalue weighted by Gasteiger charge is -2.19. The fourth-order valence-electron chi connectivity index (χ4n) is 2.47. The molecule has 156 valence electrons. The predicted octanol–water partition coefficient (Wildman–Crippen LogP) is 4.34. The van der Waals surface area contributed by atoms with Crippen molar-refractivity contribution in [1.82, 2.24) is 15.6 Å². The summed E-state index contributed by atoms with van der Waals surface area (Å²) in [7, 11) is 1.78. The van der Waals surface area contributed by atoms with Gasteiger partial charge in [-0.2, -0.15) is 0 Å². The van der Waals surface area contributed by atoms with Crippen molar-refractivity contribution in [2.45, 2.75) is 78.9 Å². The van der Waals surface area contributed by atoms with E-state index in [1.165, 1.54) is 4.88 Å². The number of carbonyl (C=O) groups is 1. The van der Waals surface area contributed by atoms with Gasteiger partial charge in [-0.05, 0) is 47.5 Å². The highest BCUT2D eigenvalue weighted by molar-refractivity contribution is 14.0. The van der Waals surface area contributed by atoms with E-state index in [-0.39, 0.29) is 35.5 Å². The number of aromatic nitrogens is 1. The number of ether oxygens (including phenoxy) is 1. The van der Waals surface area contributed by atoms with Gasteiger partial charge in [-0.25, -0.2) is 4.98 Å². The number of esters is 1. The van der Waals surface area contributed by atoms with Gasteiger partial charge in [0.2, 0.25) is 0 Å². The molecule has 2 N–H and O–H groups in total. The van der Waals surface area contributed by atoms with E-state index in [1.807, 2.05) is 34.6 Å². The molecule has 0 unspecified atom stereocenters. The molecule has 1 aromatic heterocycles. The smallest absolute Gasteiger partial charge is 0.306 e. The standard InChI is InChI=1S/C19H34N4O2S.HI/c1-14-16(26-15(2)23-14)13-22-18(20-6)21-12-10-8-7-9-11-17(24)25-19(3,4)5;/h7-13H2,1-6H3,(H2,20,21,22);1H. The zero-order chi connectivity index (χ0) is 19.6. The molecule has 27 heavy (non-hydrogen) atoms. The number of halogens is 1.